The molecule has 0 aliphatic carbocycles. The number of hydrogen-bond donors (Lipinski definition) is 2. The van der Waals surface area contributed by atoms with Gasteiger partial charge >= 0.3 is 151 Å². The molecular formula is C38H62Ca4N2O18. The second kappa shape index (κ2) is 56.0. The molecule has 20 nitrogen and oxygen atoms in total. The first-order chi connectivity index (χ1) is 27.2. The molecule has 0 aromatic heterocycles. The fourth-order valence-electron chi connectivity index (χ4n) is 4.93. The van der Waals surface area contributed by atoms with Crippen molar-refractivity contribution in [2.75, 3.05) is 39.3 Å². The average molecular weight is 995 g/mol. The Kier molecular flexibility index (Phi) is 72.0. The van der Waals surface area contributed by atoms with Gasteiger partial charge in [0, 0.05) is 51.2 Å². The maximum atomic E-state index is 10.4. The molecule has 24 heteroatoms. The summed E-state index contributed by atoms with van der Waals surface area (Å²) in [6.07, 6.45) is 15.6. The number of carbonyl (C=O) groups is 8. The first-order valence-electron chi connectivity index (χ1n) is 19.6. The van der Waals surface area contributed by atoms with E-state index >= 15 is 0 Å². The Morgan fingerprint density at radius 1 is 0.403 bits per heavy atom. The monoisotopic (exact) mass is 994 g/mol. The Labute approximate surface area is 484 Å². The molecule has 2 N–H and O–H groups in total. The van der Waals surface area contributed by atoms with Crippen LogP contribution in [0.5, 0.6) is 0 Å². The zero-order valence-corrected chi connectivity index (χ0v) is 45.7. The molecule has 3 unspecified atom stereocenters. The Morgan fingerprint density at radius 2 is 0.677 bits per heavy atom. The van der Waals surface area contributed by atoms with E-state index in [0.717, 1.165) is 41.9 Å². The van der Waals surface area contributed by atoms with Crippen molar-refractivity contribution in [3.8, 4) is 0 Å². The maximum absolute atomic E-state index is 10.4. The second-order valence-electron chi connectivity index (χ2n) is 13.4. The number of unbranched alkanes of at least 4 members (excludes halogenated alkanes) is 13. The molecule has 0 aliphatic rings. The van der Waals surface area contributed by atoms with Crippen LogP contribution in [-0.2, 0) is 38.4 Å². The van der Waals surface area contributed by atoms with Gasteiger partial charge in [-0.2, -0.15) is 0 Å². The normalized spacial score (nSPS) is 11.2. The number of carboxylic acids is 8. The Morgan fingerprint density at radius 3 is 0.887 bits per heavy atom. The van der Waals surface area contributed by atoms with E-state index in [-0.39, 0.29) is 176 Å². The van der Waals surface area contributed by atoms with Gasteiger partial charge in [0.15, 0.2) is 0 Å². The predicted octanol–water partition coefficient (Wildman–Crippen LogP) is -8.55. The molecule has 0 saturated heterocycles. The standard InChI is InChI=1S/C16H32O2.C10H16N2O8.C8H16O2.C4H6O6.4Ca/c1-2-3-4-5-6-7-8-9-10-11-12-13-14-15-16(17)18;13-7(14)3-11(4-8(15)16)1-2-12(5-9(17)18)6-10(19)20;1-3-5-6-7(4-2)8(9)10;5-1(3(7)8)2(6)4(9)10;;;;/h2-15H2,1H3,(H,17,18);1-6H2,(H,13,14)(H,15,16)(H,17,18)(H,19,20);7H,3-6H2,1-2H3,(H,9,10);1-2,5-6H,(H,7,8)(H,9,10);;;;/q;;;;4*+2/p-8. The van der Waals surface area contributed by atoms with Gasteiger partial charge in [0.25, 0.3) is 0 Å². The number of hydrogen-bond acceptors (Lipinski definition) is 20. The topological polar surface area (TPSA) is 368 Å². The van der Waals surface area contributed by atoms with Crippen molar-refractivity contribution < 1.29 is 89.4 Å². The molecular weight excluding hydrogens is 933 g/mol. The summed E-state index contributed by atoms with van der Waals surface area (Å²) in [6, 6.07) is 0. The molecule has 3 atom stereocenters. The van der Waals surface area contributed by atoms with E-state index in [9.17, 15) is 79.2 Å². The first kappa shape index (κ1) is 79.7. The van der Waals surface area contributed by atoms with Gasteiger partial charge in [-0.05, 0) is 31.6 Å². The summed E-state index contributed by atoms with van der Waals surface area (Å²) in [4.78, 5) is 83.2. The Balaban J connectivity index is -0.000000107. The number of rotatable bonds is 33. The van der Waals surface area contributed by atoms with Crippen molar-refractivity contribution in [3.05, 3.63) is 0 Å². The summed E-state index contributed by atoms with van der Waals surface area (Å²) in [7, 11) is 0. The van der Waals surface area contributed by atoms with Gasteiger partial charge in [0.1, 0.15) is 12.2 Å². The minimum Gasteiger partial charge on any atom is -0.550 e. The summed E-state index contributed by atoms with van der Waals surface area (Å²) in [5.74, 6) is -12.3. The van der Waals surface area contributed by atoms with Crippen LogP contribution in [0.25, 0.3) is 0 Å². The van der Waals surface area contributed by atoms with Gasteiger partial charge in [0.2, 0.25) is 0 Å². The van der Waals surface area contributed by atoms with Crippen molar-refractivity contribution in [3.63, 3.8) is 0 Å². The minimum atomic E-state index is -2.44. The summed E-state index contributed by atoms with van der Waals surface area (Å²) in [5.41, 5.74) is 0. The summed E-state index contributed by atoms with van der Waals surface area (Å²) < 4.78 is 0. The predicted molar refractivity (Wildman–Crippen MR) is 212 cm³/mol. The molecule has 0 saturated carbocycles. The molecule has 0 radical (unpaired) electrons. The zero-order valence-electron chi connectivity index (χ0n) is 36.9. The summed E-state index contributed by atoms with van der Waals surface area (Å²) in [6.45, 7) is 2.95. The maximum Gasteiger partial charge on any atom is 2.00 e. The number of aliphatic hydroxyl groups is 2. The van der Waals surface area contributed by atoms with Crippen molar-refractivity contribution in [2.45, 2.75) is 149 Å². The van der Waals surface area contributed by atoms with Crippen molar-refractivity contribution in [1.82, 2.24) is 9.80 Å². The number of aliphatic carboxylic acids is 8. The molecule has 0 aliphatic heterocycles. The SMILES string of the molecule is CCCCC(CC)C(=O)[O-].CCCCCCCCCCCCCCCC(=O)[O-].O=C([O-])C(O)C(O)C(=O)[O-].O=C([O-])CN(CCN(CC(=O)[O-])CC(=O)[O-])CC(=O)[O-].[Ca+2].[Ca+2].[Ca+2].[Ca+2]. The Bertz CT molecular complexity index is 1090. The largest absolute Gasteiger partial charge is 2.00 e. The third kappa shape index (κ3) is 62.7. The zero-order chi connectivity index (χ0) is 45.5. The molecule has 0 bridgehead atoms. The average Bonchev–Trinajstić information content (AvgIpc) is 3.11. The third-order valence-electron chi connectivity index (χ3n) is 8.14. The van der Waals surface area contributed by atoms with Gasteiger partial charge < -0.3 is 89.4 Å². The van der Waals surface area contributed by atoms with Gasteiger partial charge in [0.05, 0.1) is 35.8 Å². The van der Waals surface area contributed by atoms with E-state index in [1.807, 2.05) is 6.92 Å². The van der Waals surface area contributed by atoms with Crippen LogP contribution in [0.2, 0.25) is 0 Å². The molecule has 0 fully saturated rings. The van der Waals surface area contributed by atoms with Crippen molar-refractivity contribution in [1.29, 1.82) is 0 Å². The van der Waals surface area contributed by atoms with Crippen LogP contribution in [0.1, 0.15) is 136 Å². The minimum absolute atomic E-state index is 0. The second-order valence-corrected chi connectivity index (χ2v) is 13.4. The smallest absolute Gasteiger partial charge is 0.550 e. The first-order valence-corrected chi connectivity index (χ1v) is 19.6. The third-order valence-corrected chi connectivity index (χ3v) is 8.14. The van der Waals surface area contributed by atoms with Crippen LogP contribution >= 0.6 is 0 Å². The van der Waals surface area contributed by atoms with Gasteiger partial charge in [-0.3, -0.25) is 9.80 Å². The number of carbonyl (C=O) groups excluding carboxylic acids is 8. The van der Waals surface area contributed by atoms with E-state index in [4.69, 9.17) is 10.2 Å². The van der Waals surface area contributed by atoms with Gasteiger partial charge in [-0.1, -0.05) is 111 Å². The van der Waals surface area contributed by atoms with E-state index in [1.165, 1.54) is 70.6 Å². The number of carboxylic acid groups (broad SMARTS) is 8. The van der Waals surface area contributed by atoms with Gasteiger partial charge in [-0.15, -0.1) is 0 Å². The quantitative estimate of drug-likeness (QED) is 0.0455. The van der Waals surface area contributed by atoms with E-state index in [1.54, 1.807) is 0 Å². The summed E-state index contributed by atoms with van der Waals surface area (Å²) in [5, 5.41) is 97.9. The molecule has 62 heavy (non-hydrogen) atoms. The fourth-order valence-corrected chi connectivity index (χ4v) is 4.93. The van der Waals surface area contributed by atoms with Crippen molar-refractivity contribution >= 4 is 199 Å². The van der Waals surface area contributed by atoms with E-state index in [2.05, 4.69) is 13.8 Å². The molecule has 0 amide bonds. The number of aliphatic hydroxyl groups excluding tert-OH is 2. The molecule has 0 heterocycles. The van der Waals surface area contributed by atoms with Gasteiger partial charge in [-0.25, -0.2) is 0 Å². The van der Waals surface area contributed by atoms with Crippen LogP contribution in [0.15, 0.2) is 0 Å². The van der Waals surface area contributed by atoms with Crippen molar-refractivity contribution in [2.24, 2.45) is 5.92 Å². The molecule has 0 spiro atoms. The molecule has 0 aromatic carbocycles. The molecule has 0 rings (SSSR count). The van der Waals surface area contributed by atoms with Crippen LogP contribution in [0.3, 0.4) is 0 Å². The van der Waals surface area contributed by atoms with E-state index in [0.29, 0.717) is 6.42 Å². The molecule has 0 aromatic rings. The van der Waals surface area contributed by atoms with Crippen LogP contribution < -0.4 is 40.9 Å². The van der Waals surface area contributed by atoms with Crippen LogP contribution in [-0.4, -0.2) is 270 Å². The van der Waals surface area contributed by atoms with E-state index < -0.39 is 86.1 Å². The molecule has 340 valence electrons. The number of nitrogens with zero attached hydrogens (tertiary/aromatic N) is 2. The van der Waals surface area contributed by atoms with Crippen LogP contribution in [0, 0.1) is 5.92 Å². The fraction of sp³-hybridized carbons (Fsp3) is 0.789. The van der Waals surface area contributed by atoms with Crippen LogP contribution in [0.4, 0.5) is 0 Å². The Hall–Kier alpha value is 0.639. The summed E-state index contributed by atoms with van der Waals surface area (Å²) >= 11 is 0.